The predicted molar refractivity (Wildman–Crippen MR) is 122 cm³/mol. The fraction of sp³-hybridized carbons (Fsp3) is 0.318. The third-order valence-corrected chi connectivity index (χ3v) is 7.20. The molecule has 2 aromatic rings. The van der Waals surface area contributed by atoms with Crippen LogP contribution in [0, 0.1) is 6.92 Å². The summed E-state index contributed by atoms with van der Waals surface area (Å²) in [5.41, 5.74) is 1.42. The van der Waals surface area contributed by atoms with Crippen LogP contribution < -0.4 is 5.32 Å². The van der Waals surface area contributed by atoms with E-state index < -0.39 is 27.9 Å². The van der Waals surface area contributed by atoms with E-state index in [0.717, 1.165) is 4.31 Å². The van der Waals surface area contributed by atoms with Crippen molar-refractivity contribution >= 4 is 44.0 Å². The molecular formula is C22H25N3O7S. The largest absolute Gasteiger partial charge is 0.481 e. The maximum Gasteiger partial charge on any atom is 0.355 e. The molecule has 10 nitrogen and oxygen atoms in total. The Morgan fingerprint density at radius 2 is 1.82 bits per heavy atom. The summed E-state index contributed by atoms with van der Waals surface area (Å²) in [6.07, 6.45) is -0.364. The molecule has 1 aromatic heterocycles. The van der Waals surface area contributed by atoms with Crippen LogP contribution in [0.25, 0.3) is 10.5 Å². The summed E-state index contributed by atoms with van der Waals surface area (Å²) < 4.78 is 33.1. The summed E-state index contributed by atoms with van der Waals surface area (Å²) in [6, 6.07) is 6.65. The SMILES string of the molecule is CCOC(=O)c1[nH]c(C(=C2C(=O)Nc3ccccc32)S(=O)(=O)N(C)C)c(CCC(=O)O)c1C. The molecule has 0 radical (unpaired) electrons. The lowest BCUT2D eigenvalue weighted by Crippen LogP contribution is -2.25. The van der Waals surface area contributed by atoms with Crippen LogP contribution in [-0.4, -0.2) is 61.4 Å². The van der Waals surface area contributed by atoms with Gasteiger partial charge in [-0.1, -0.05) is 18.2 Å². The number of aliphatic carboxylic acids is 1. The normalized spacial score (nSPS) is 14.8. The van der Waals surface area contributed by atoms with Gasteiger partial charge in [0.25, 0.3) is 5.91 Å². The average molecular weight is 476 g/mol. The highest BCUT2D eigenvalue weighted by molar-refractivity contribution is 7.98. The molecule has 33 heavy (non-hydrogen) atoms. The minimum absolute atomic E-state index is 0.00554. The number of nitrogens with one attached hydrogen (secondary N) is 2. The van der Waals surface area contributed by atoms with Gasteiger partial charge in [0.05, 0.1) is 17.9 Å². The van der Waals surface area contributed by atoms with E-state index in [-0.39, 0.29) is 41.3 Å². The van der Waals surface area contributed by atoms with Gasteiger partial charge in [0, 0.05) is 31.8 Å². The maximum absolute atomic E-state index is 13.5. The van der Waals surface area contributed by atoms with E-state index in [0.29, 0.717) is 22.4 Å². The third-order valence-electron chi connectivity index (χ3n) is 5.31. The number of H-pyrrole nitrogens is 1. The molecule has 0 bridgehead atoms. The molecule has 11 heteroatoms. The number of ether oxygens (including phenoxy) is 1. The molecule has 0 spiro atoms. The second kappa shape index (κ2) is 9.20. The number of fused-ring (bicyclic) bond motifs is 1. The predicted octanol–water partition coefficient (Wildman–Crippen LogP) is 2.23. The average Bonchev–Trinajstić information content (AvgIpc) is 3.23. The molecule has 0 atom stereocenters. The number of amides is 1. The summed E-state index contributed by atoms with van der Waals surface area (Å²) in [4.78, 5) is 39.3. The number of carbonyl (C=O) groups is 3. The molecule has 0 saturated heterocycles. The number of hydrogen-bond donors (Lipinski definition) is 3. The summed E-state index contributed by atoms with van der Waals surface area (Å²) in [5.74, 6) is -2.42. The smallest absolute Gasteiger partial charge is 0.355 e. The lowest BCUT2D eigenvalue weighted by atomic mass is 10.0. The molecule has 1 aromatic carbocycles. The highest BCUT2D eigenvalue weighted by atomic mass is 32.2. The zero-order valence-corrected chi connectivity index (χ0v) is 19.5. The number of para-hydroxylation sites is 1. The second-order valence-corrected chi connectivity index (χ2v) is 9.67. The van der Waals surface area contributed by atoms with Crippen molar-refractivity contribution in [3.63, 3.8) is 0 Å². The van der Waals surface area contributed by atoms with Crippen LogP contribution in [-0.2, 0) is 30.8 Å². The van der Waals surface area contributed by atoms with E-state index in [4.69, 9.17) is 4.74 Å². The van der Waals surface area contributed by atoms with Crippen molar-refractivity contribution in [3.05, 3.63) is 52.3 Å². The Morgan fingerprint density at radius 1 is 1.15 bits per heavy atom. The summed E-state index contributed by atoms with van der Waals surface area (Å²) in [6.45, 7) is 3.31. The van der Waals surface area contributed by atoms with Crippen LogP contribution in [0.1, 0.15) is 46.2 Å². The molecule has 3 rings (SSSR count). The molecule has 0 fully saturated rings. The minimum Gasteiger partial charge on any atom is -0.481 e. The number of carboxylic acids is 1. The van der Waals surface area contributed by atoms with Crippen LogP contribution in [0.5, 0.6) is 0 Å². The van der Waals surface area contributed by atoms with Gasteiger partial charge in [0.15, 0.2) is 0 Å². The molecule has 2 heterocycles. The number of carboxylic acid groups (broad SMARTS) is 1. The Bertz CT molecular complexity index is 1270. The molecule has 1 aliphatic heterocycles. The Hall–Kier alpha value is -3.44. The van der Waals surface area contributed by atoms with Gasteiger partial charge in [0.1, 0.15) is 10.6 Å². The van der Waals surface area contributed by atoms with Gasteiger partial charge in [-0.2, -0.15) is 0 Å². The van der Waals surface area contributed by atoms with Gasteiger partial charge in [-0.05, 0) is 37.5 Å². The first-order chi connectivity index (χ1) is 15.5. The third kappa shape index (κ3) is 4.41. The molecule has 0 saturated carbocycles. The van der Waals surface area contributed by atoms with E-state index in [1.165, 1.54) is 14.1 Å². The number of benzene rings is 1. The lowest BCUT2D eigenvalue weighted by Gasteiger charge is -2.18. The van der Waals surface area contributed by atoms with Crippen molar-refractivity contribution in [1.82, 2.24) is 9.29 Å². The summed E-state index contributed by atoms with van der Waals surface area (Å²) >= 11 is 0. The quantitative estimate of drug-likeness (QED) is 0.392. The van der Waals surface area contributed by atoms with Crippen LogP contribution in [0.3, 0.4) is 0 Å². The Balaban J connectivity index is 2.42. The van der Waals surface area contributed by atoms with Crippen LogP contribution in [0.15, 0.2) is 24.3 Å². The van der Waals surface area contributed by atoms with E-state index >= 15 is 0 Å². The number of nitrogens with zero attached hydrogens (tertiary/aromatic N) is 1. The molecule has 176 valence electrons. The van der Waals surface area contributed by atoms with Gasteiger partial charge in [-0.15, -0.1) is 0 Å². The lowest BCUT2D eigenvalue weighted by molar-refractivity contribution is -0.137. The van der Waals surface area contributed by atoms with Gasteiger partial charge in [0.2, 0.25) is 10.0 Å². The Labute approximate surface area is 191 Å². The topological polar surface area (TPSA) is 146 Å². The molecule has 1 aliphatic rings. The van der Waals surface area contributed by atoms with Gasteiger partial charge >= 0.3 is 11.9 Å². The molecule has 1 amide bonds. The van der Waals surface area contributed by atoms with E-state index in [2.05, 4.69) is 10.3 Å². The van der Waals surface area contributed by atoms with Crippen molar-refractivity contribution in [1.29, 1.82) is 0 Å². The van der Waals surface area contributed by atoms with E-state index in [1.54, 1.807) is 38.1 Å². The first kappa shape index (κ1) is 24.2. The van der Waals surface area contributed by atoms with Gasteiger partial charge in [-0.3, -0.25) is 9.59 Å². The molecule has 0 unspecified atom stereocenters. The number of aromatic nitrogens is 1. The number of carbonyl (C=O) groups excluding carboxylic acids is 2. The van der Waals surface area contributed by atoms with Crippen LogP contribution in [0.2, 0.25) is 0 Å². The van der Waals surface area contributed by atoms with E-state index in [1.807, 2.05) is 0 Å². The zero-order valence-electron chi connectivity index (χ0n) is 18.7. The summed E-state index contributed by atoms with van der Waals surface area (Å²) in [5, 5.41) is 11.9. The van der Waals surface area contributed by atoms with Crippen LogP contribution in [0.4, 0.5) is 5.69 Å². The zero-order chi connectivity index (χ0) is 24.5. The standard InChI is InChI=1S/C22H25N3O7S/c1-5-32-22(29)18-12(2)13(10-11-16(26)27)19(24-18)20(33(30,31)25(3)4)17-14-8-6-7-9-15(14)23-21(17)28/h6-9,24H,5,10-11H2,1-4H3,(H,23,28)(H,26,27). The number of sulfonamides is 1. The maximum atomic E-state index is 13.5. The van der Waals surface area contributed by atoms with Crippen molar-refractivity contribution < 1.29 is 32.6 Å². The number of aromatic amines is 1. The van der Waals surface area contributed by atoms with Crippen LogP contribution >= 0.6 is 0 Å². The van der Waals surface area contributed by atoms with Gasteiger partial charge < -0.3 is 20.1 Å². The highest BCUT2D eigenvalue weighted by Gasteiger charge is 2.38. The number of anilines is 1. The molecular weight excluding hydrogens is 450 g/mol. The molecule has 0 aliphatic carbocycles. The monoisotopic (exact) mass is 475 g/mol. The first-order valence-corrected chi connectivity index (χ1v) is 11.6. The Morgan fingerprint density at radius 3 is 2.42 bits per heavy atom. The van der Waals surface area contributed by atoms with Crippen molar-refractivity contribution in [2.45, 2.75) is 26.7 Å². The van der Waals surface area contributed by atoms with E-state index in [9.17, 15) is 27.9 Å². The summed E-state index contributed by atoms with van der Waals surface area (Å²) in [7, 11) is -1.58. The van der Waals surface area contributed by atoms with Crippen molar-refractivity contribution in [2.75, 3.05) is 26.0 Å². The number of esters is 1. The number of hydrogen-bond acceptors (Lipinski definition) is 6. The Kier molecular flexibility index (Phi) is 6.75. The fourth-order valence-corrected chi connectivity index (χ4v) is 4.94. The fourth-order valence-electron chi connectivity index (χ4n) is 3.69. The second-order valence-electron chi connectivity index (χ2n) is 7.58. The highest BCUT2D eigenvalue weighted by Crippen LogP contribution is 2.41. The minimum atomic E-state index is -4.23. The molecule has 3 N–H and O–H groups in total. The van der Waals surface area contributed by atoms with Gasteiger partial charge in [-0.25, -0.2) is 17.5 Å². The van der Waals surface area contributed by atoms with Crippen molar-refractivity contribution in [3.8, 4) is 0 Å². The number of rotatable bonds is 8. The van der Waals surface area contributed by atoms with Crippen molar-refractivity contribution in [2.24, 2.45) is 0 Å². The first-order valence-electron chi connectivity index (χ1n) is 10.2.